The Bertz CT molecular complexity index is 966. The fourth-order valence-electron chi connectivity index (χ4n) is 2.32. The van der Waals surface area contributed by atoms with Crippen LogP contribution in [-0.2, 0) is 24.9 Å². The van der Waals surface area contributed by atoms with Gasteiger partial charge < -0.3 is 10.1 Å². The first-order chi connectivity index (χ1) is 11.9. The summed E-state index contributed by atoms with van der Waals surface area (Å²) in [5.74, 6) is 0.156. The number of hydrogen-bond donors (Lipinski definition) is 1. The number of carbonyl (C=O) groups is 1. The van der Waals surface area contributed by atoms with Crippen LogP contribution in [0.1, 0.15) is 16.8 Å². The Morgan fingerprint density at radius 3 is 2.72 bits per heavy atom. The second-order valence-corrected chi connectivity index (χ2v) is 5.43. The molecular weight excluding hydrogens is 324 g/mol. The third kappa shape index (κ3) is 3.77. The zero-order valence-electron chi connectivity index (χ0n) is 14.2. The topological polar surface area (TPSA) is 106 Å². The zero-order chi connectivity index (χ0) is 18.6. The number of hydrogen-bond acceptors (Lipinski definition) is 5. The molecule has 2 rings (SSSR count). The summed E-state index contributed by atoms with van der Waals surface area (Å²) in [6, 6.07) is 8.93. The van der Waals surface area contributed by atoms with Crippen LogP contribution in [0.5, 0.6) is 5.75 Å². The van der Waals surface area contributed by atoms with E-state index in [4.69, 9.17) is 10.00 Å². The number of nitriles is 1. The predicted molar refractivity (Wildman–Crippen MR) is 90.2 cm³/mol. The van der Waals surface area contributed by atoms with Gasteiger partial charge in [-0.3, -0.25) is 14.2 Å². The van der Waals surface area contributed by atoms with Crippen molar-refractivity contribution in [2.75, 3.05) is 7.11 Å². The molecule has 1 aromatic heterocycles. The molecule has 0 aliphatic heterocycles. The van der Waals surface area contributed by atoms with Gasteiger partial charge in [-0.15, -0.1) is 0 Å². The van der Waals surface area contributed by atoms with Crippen molar-refractivity contribution in [3.05, 3.63) is 61.9 Å². The van der Waals surface area contributed by atoms with Crippen LogP contribution in [0.2, 0.25) is 0 Å². The van der Waals surface area contributed by atoms with Crippen LogP contribution in [0.15, 0.2) is 33.9 Å². The van der Waals surface area contributed by atoms with E-state index in [-0.39, 0.29) is 17.8 Å². The van der Waals surface area contributed by atoms with Crippen LogP contribution in [0, 0.1) is 18.3 Å². The van der Waals surface area contributed by atoms with Gasteiger partial charge in [0.15, 0.2) is 0 Å². The van der Waals surface area contributed by atoms with Crippen LogP contribution in [0.4, 0.5) is 0 Å². The van der Waals surface area contributed by atoms with Crippen LogP contribution < -0.4 is 21.3 Å². The van der Waals surface area contributed by atoms with E-state index in [0.717, 1.165) is 10.1 Å². The second-order valence-electron chi connectivity index (χ2n) is 5.43. The van der Waals surface area contributed by atoms with E-state index in [0.29, 0.717) is 5.75 Å². The Labute approximate surface area is 143 Å². The summed E-state index contributed by atoms with van der Waals surface area (Å²) < 4.78 is 7.04. The van der Waals surface area contributed by atoms with Gasteiger partial charge in [0.1, 0.15) is 23.9 Å². The number of amides is 1. The highest BCUT2D eigenvalue weighted by molar-refractivity contribution is 5.75. The predicted octanol–water partition coefficient (Wildman–Crippen LogP) is 0.0521. The maximum atomic E-state index is 12.2. The van der Waals surface area contributed by atoms with Crippen LogP contribution in [-0.4, -0.2) is 22.2 Å². The summed E-state index contributed by atoms with van der Waals surface area (Å²) in [5, 5.41) is 11.7. The Hall–Kier alpha value is -3.34. The van der Waals surface area contributed by atoms with Crippen molar-refractivity contribution in [3.8, 4) is 11.8 Å². The van der Waals surface area contributed by atoms with Crippen molar-refractivity contribution in [1.29, 1.82) is 5.26 Å². The molecule has 0 atom stereocenters. The molecule has 130 valence electrons. The van der Waals surface area contributed by atoms with E-state index < -0.39 is 23.7 Å². The number of nitrogens with one attached hydrogen (secondary N) is 1. The lowest BCUT2D eigenvalue weighted by molar-refractivity contribution is -0.121. The van der Waals surface area contributed by atoms with Gasteiger partial charge in [-0.25, -0.2) is 9.36 Å². The molecule has 0 saturated heterocycles. The average Bonchev–Trinajstić information content (AvgIpc) is 2.62. The minimum atomic E-state index is -0.764. The smallest absolute Gasteiger partial charge is 0.331 e. The monoisotopic (exact) mass is 342 g/mol. The Morgan fingerprint density at radius 2 is 2.08 bits per heavy atom. The lowest BCUT2D eigenvalue weighted by atomic mass is 10.2. The Morgan fingerprint density at radius 1 is 1.36 bits per heavy atom. The van der Waals surface area contributed by atoms with Crippen molar-refractivity contribution in [2.45, 2.75) is 20.0 Å². The number of methoxy groups -OCH3 is 1. The standard InChI is InChI=1S/C17H18N4O4/c1-11-14(8-18)16(23)21(17(24)20(11)2)10-15(22)19-9-12-5-4-6-13(7-12)25-3/h4-7H,9-10H2,1-3H3,(H,19,22). The van der Waals surface area contributed by atoms with E-state index in [9.17, 15) is 14.4 Å². The maximum absolute atomic E-state index is 12.2. The number of benzene rings is 1. The summed E-state index contributed by atoms with van der Waals surface area (Å²) in [4.78, 5) is 36.5. The van der Waals surface area contributed by atoms with Gasteiger partial charge in [-0.2, -0.15) is 5.26 Å². The number of ether oxygens (including phenoxy) is 1. The Balaban J connectivity index is 2.19. The zero-order valence-corrected chi connectivity index (χ0v) is 14.2. The van der Waals surface area contributed by atoms with Gasteiger partial charge in [0.2, 0.25) is 5.91 Å². The highest BCUT2D eigenvalue weighted by Gasteiger charge is 2.16. The number of nitrogens with zero attached hydrogens (tertiary/aromatic N) is 3. The molecule has 1 amide bonds. The van der Waals surface area contributed by atoms with Gasteiger partial charge in [-0.05, 0) is 24.6 Å². The largest absolute Gasteiger partial charge is 0.497 e. The fourth-order valence-corrected chi connectivity index (χ4v) is 2.32. The molecule has 0 bridgehead atoms. The van der Waals surface area contributed by atoms with Crippen molar-refractivity contribution in [3.63, 3.8) is 0 Å². The van der Waals surface area contributed by atoms with E-state index in [1.807, 2.05) is 6.07 Å². The minimum absolute atomic E-state index is 0.150. The highest BCUT2D eigenvalue weighted by atomic mass is 16.5. The quantitative estimate of drug-likeness (QED) is 0.826. The van der Waals surface area contributed by atoms with Crippen molar-refractivity contribution < 1.29 is 9.53 Å². The second kappa shape index (κ2) is 7.49. The molecule has 0 fully saturated rings. The van der Waals surface area contributed by atoms with Crippen molar-refractivity contribution in [2.24, 2.45) is 7.05 Å². The molecule has 1 N–H and O–H groups in total. The first-order valence-electron chi connectivity index (χ1n) is 7.49. The molecule has 0 aliphatic rings. The summed E-state index contributed by atoms with van der Waals surface area (Å²) in [7, 11) is 2.99. The number of carbonyl (C=O) groups excluding carboxylic acids is 1. The highest BCUT2D eigenvalue weighted by Crippen LogP contribution is 2.12. The lowest BCUT2D eigenvalue weighted by Crippen LogP contribution is -2.45. The normalized spacial score (nSPS) is 10.2. The molecule has 0 unspecified atom stereocenters. The van der Waals surface area contributed by atoms with Crippen LogP contribution in [0.3, 0.4) is 0 Å². The minimum Gasteiger partial charge on any atom is -0.497 e. The van der Waals surface area contributed by atoms with E-state index in [1.165, 1.54) is 18.5 Å². The Kier molecular flexibility index (Phi) is 5.39. The average molecular weight is 342 g/mol. The van der Waals surface area contributed by atoms with Crippen molar-refractivity contribution >= 4 is 5.91 Å². The first-order valence-corrected chi connectivity index (χ1v) is 7.49. The maximum Gasteiger partial charge on any atom is 0.331 e. The van der Waals surface area contributed by atoms with Gasteiger partial charge in [0.25, 0.3) is 5.56 Å². The third-order valence-electron chi connectivity index (χ3n) is 3.88. The molecule has 0 spiro atoms. The molecular formula is C17H18N4O4. The van der Waals surface area contributed by atoms with Crippen LogP contribution in [0.25, 0.3) is 0 Å². The van der Waals surface area contributed by atoms with E-state index >= 15 is 0 Å². The molecule has 0 aliphatic carbocycles. The summed E-state index contributed by atoms with van der Waals surface area (Å²) >= 11 is 0. The van der Waals surface area contributed by atoms with Crippen LogP contribution >= 0.6 is 0 Å². The molecule has 1 aromatic carbocycles. The molecule has 0 saturated carbocycles. The molecule has 25 heavy (non-hydrogen) atoms. The lowest BCUT2D eigenvalue weighted by Gasteiger charge is -2.11. The molecule has 2 aromatic rings. The molecule has 8 nitrogen and oxygen atoms in total. The molecule has 1 heterocycles. The third-order valence-corrected chi connectivity index (χ3v) is 3.88. The summed E-state index contributed by atoms with van der Waals surface area (Å²) in [5.41, 5.74) is -0.472. The van der Waals surface area contributed by atoms with Gasteiger partial charge in [-0.1, -0.05) is 12.1 Å². The van der Waals surface area contributed by atoms with Gasteiger partial charge in [0.05, 0.1) is 7.11 Å². The number of rotatable bonds is 5. The van der Waals surface area contributed by atoms with Crippen molar-refractivity contribution in [1.82, 2.24) is 14.5 Å². The summed E-state index contributed by atoms with van der Waals surface area (Å²) in [6.45, 7) is 1.28. The first kappa shape index (κ1) is 18.0. The van der Waals surface area contributed by atoms with Gasteiger partial charge >= 0.3 is 5.69 Å². The van der Waals surface area contributed by atoms with Gasteiger partial charge in [0, 0.05) is 19.3 Å². The van der Waals surface area contributed by atoms with E-state index in [2.05, 4.69) is 5.32 Å². The molecule has 0 radical (unpaired) electrons. The summed E-state index contributed by atoms with van der Waals surface area (Å²) in [6.07, 6.45) is 0. The SMILES string of the molecule is COc1cccc(CNC(=O)Cn2c(=O)c(C#N)c(C)n(C)c2=O)c1. The number of aromatic nitrogens is 2. The molecule has 8 heteroatoms. The van der Waals surface area contributed by atoms with E-state index in [1.54, 1.807) is 31.4 Å². The fraction of sp³-hybridized carbons (Fsp3) is 0.294.